The molecule has 1 aromatic rings. The summed E-state index contributed by atoms with van der Waals surface area (Å²) in [4.78, 5) is 15.8. The molecular formula is C15H24N2O2S. The maximum Gasteiger partial charge on any atom is 0.323 e. The lowest BCUT2D eigenvalue weighted by Crippen LogP contribution is -2.50. The van der Waals surface area contributed by atoms with Gasteiger partial charge in [-0.2, -0.15) is 0 Å². The summed E-state index contributed by atoms with van der Waals surface area (Å²) in [6, 6.07) is 4.07. The van der Waals surface area contributed by atoms with Gasteiger partial charge in [0, 0.05) is 11.4 Å². The van der Waals surface area contributed by atoms with Gasteiger partial charge in [-0.3, -0.25) is 4.79 Å². The molecule has 0 amide bonds. The third-order valence-electron chi connectivity index (χ3n) is 3.16. The van der Waals surface area contributed by atoms with Crippen LogP contribution in [0.25, 0.3) is 0 Å². The van der Waals surface area contributed by atoms with Crippen molar-refractivity contribution in [1.29, 1.82) is 0 Å². The molecule has 0 aromatic carbocycles. The number of carboxylic acids is 1. The van der Waals surface area contributed by atoms with E-state index in [2.05, 4.69) is 10.3 Å². The van der Waals surface area contributed by atoms with E-state index in [1.165, 1.54) is 5.56 Å². The quantitative estimate of drug-likeness (QED) is 0.722. The second-order valence-electron chi connectivity index (χ2n) is 5.29. The van der Waals surface area contributed by atoms with Gasteiger partial charge in [0.05, 0.1) is 5.03 Å². The minimum absolute atomic E-state index is 0.571. The zero-order valence-corrected chi connectivity index (χ0v) is 13.5. The Bertz CT molecular complexity index is 445. The predicted octanol–water partition coefficient (Wildman–Crippen LogP) is 3.02. The molecule has 0 saturated carbocycles. The monoisotopic (exact) mass is 296 g/mol. The molecule has 1 aromatic heterocycles. The Labute approximate surface area is 125 Å². The first kappa shape index (κ1) is 17.0. The Hall–Kier alpha value is -1.07. The SMILES string of the molecule is CCCNC(C)(CCSc1cc(C)cc(C)n1)C(=O)O. The van der Waals surface area contributed by atoms with Gasteiger partial charge in [-0.1, -0.05) is 6.92 Å². The van der Waals surface area contributed by atoms with Crippen LogP contribution < -0.4 is 5.32 Å². The smallest absolute Gasteiger partial charge is 0.323 e. The van der Waals surface area contributed by atoms with Crippen molar-refractivity contribution in [3.63, 3.8) is 0 Å². The van der Waals surface area contributed by atoms with E-state index in [0.29, 0.717) is 6.42 Å². The third kappa shape index (κ3) is 5.13. The highest BCUT2D eigenvalue weighted by Gasteiger charge is 2.31. The number of aromatic nitrogens is 1. The van der Waals surface area contributed by atoms with Crippen molar-refractivity contribution < 1.29 is 9.90 Å². The van der Waals surface area contributed by atoms with Crippen LogP contribution >= 0.6 is 11.8 Å². The number of rotatable bonds is 8. The average molecular weight is 296 g/mol. The molecule has 0 bridgehead atoms. The average Bonchev–Trinajstić information content (AvgIpc) is 2.35. The van der Waals surface area contributed by atoms with Crippen molar-refractivity contribution in [2.45, 2.75) is 51.1 Å². The highest BCUT2D eigenvalue weighted by molar-refractivity contribution is 7.99. The van der Waals surface area contributed by atoms with E-state index >= 15 is 0 Å². The molecule has 0 spiro atoms. The molecule has 20 heavy (non-hydrogen) atoms. The molecule has 1 rings (SSSR count). The molecule has 0 aliphatic heterocycles. The third-order valence-corrected chi connectivity index (χ3v) is 4.08. The molecular weight excluding hydrogens is 272 g/mol. The maximum absolute atomic E-state index is 11.4. The fourth-order valence-corrected chi connectivity index (χ4v) is 3.11. The number of hydrogen-bond acceptors (Lipinski definition) is 4. The van der Waals surface area contributed by atoms with Crippen LogP contribution in [-0.2, 0) is 4.79 Å². The van der Waals surface area contributed by atoms with E-state index in [-0.39, 0.29) is 0 Å². The molecule has 1 heterocycles. The van der Waals surface area contributed by atoms with Crippen molar-refractivity contribution in [2.75, 3.05) is 12.3 Å². The Morgan fingerprint density at radius 2 is 2.15 bits per heavy atom. The van der Waals surface area contributed by atoms with Gasteiger partial charge in [0.25, 0.3) is 0 Å². The predicted molar refractivity (Wildman–Crippen MR) is 83.4 cm³/mol. The van der Waals surface area contributed by atoms with Crippen molar-refractivity contribution in [2.24, 2.45) is 0 Å². The molecule has 0 aliphatic rings. The van der Waals surface area contributed by atoms with Gasteiger partial charge < -0.3 is 10.4 Å². The summed E-state index contributed by atoms with van der Waals surface area (Å²) < 4.78 is 0. The van der Waals surface area contributed by atoms with Crippen molar-refractivity contribution in [1.82, 2.24) is 10.3 Å². The first-order valence-electron chi connectivity index (χ1n) is 6.94. The summed E-state index contributed by atoms with van der Waals surface area (Å²) in [5, 5.41) is 13.4. The van der Waals surface area contributed by atoms with Crippen LogP contribution in [0.2, 0.25) is 0 Å². The minimum atomic E-state index is -0.859. The van der Waals surface area contributed by atoms with Gasteiger partial charge in [0.15, 0.2) is 0 Å². The van der Waals surface area contributed by atoms with Gasteiger partial charge in [-0.25, -0.2) is 4.98 Å². The molecule has 1 unspecified atom stereocenters. The molecule has 4 nitrogen and oxygen atoms in total. The second-order valence-corrected chi connectivity index (χ2v) is 6.40. The zero-order chi connectivity index (χ0) is 15.2. The number of thioether (sulfide) groups is 1. The van der Waals surface area contributed by atoms with Crippen LogP contribution in [0.3, 0.4) is 0 Å². The highest BCUT2D eigenvalue weighted by atomic mass is 32.2. The van der Waals surface area contributed by atoms with Crippen LogP contribution in [0.4, 0.5) is 0 Å². The number of nitrogens with zero attached hydrogens (tertiary/aromatic N) is 1. The number of pyridine rings is 1. The number of carbonyl (C=O) groups is 1. The molecule has 112 valence electrons. The number of aryl methyl sites for hydroxylation is 2. The van der Waals surface area contributed by atoms with E-state index in [4.69, 9.17) is 0 Å². The number of hydrogen-bond donors (Lipinski definition) is 2. The largest absolute Gasteiger partial charge is 0.480 e. The van der Waals surface area contributed by atoms with Crippen molar-refractivity contribution in [3.05, 3.63) is 23.4 Å². The Morgan fingerprint density at radius 3 is 2.70 bits per heavy atom. The first-order chi connectivity index (χ1) is 9.37. The molecule has 0 aliphatic carbocycles. The van der Waals surface area contributed by atoms with Crippen LogP contribution in [-0.4, -0.2) is 33.9 Å². The van der Waals surface area contributed by atoms with E-state index < -0.39 is 11.5 Å². The highest BCUT2D eigenvalue weighted by Crippen LogP contribution is 2.22. The molecule has 0 fully saturated rings. The van der Waals surface area contributed by atoms with Crippen LogP contribution in [0.15, 0.2) is 17.2 Å². The maximum atomic E-state index is 11.4. The lowest BCUT2D eigenvalue weighted by Gasteiger charge is -2.26. The normalized spacial score (nSPS) is 14.0. The molecule has 0 radical (unpaired) electrons. The summed E-state index contributed by atoms with van der Waals surface area (Å²) in [5.41, 5.74) is 1.32. The summed E-state index contributed by atoms with van der Waals surface area (Å²) in [6.07, 6.45) is 1.50. The van der Waals surface area contributed by atoms with E-state index in [1.54, 1.807) is 18.7 Å². The van der Waals surface area contributed by atoms with Gasteiger partial charge >= 0.3 is 5.97 Å². The van der Waals surface area contributed by atoms with Gasteiger partial charge in [-0.15, -0.1) is 11.8 Å². The van der Waals surface area contributed by atoms with E-state index in [0.717, 1.165) is 29.4 Å². The van der Waals surface area contributed by atoms with Crippen molar-refractivity contribution >= 4 is 17.7 Å². The zero-order valence-electron chi connectivity index (χ0n) is 12.7. The Kier molecular flexibility index (Phi) is 6.49. The van der Waals surface area contributed by atoms with Gasteiger partial charge in [0.2, 0.25) is 0 Å². The van der Waals surface area contributed by atoms with Crippen LogP contribution in [0.5, 0.6) is 0 Å². The summed E-state index contributed by atoms with van der Waals surface area (Å²) >= 11 is 1.61. The number of nitrogens with one attached hydrogen (secondary N) is 1. The summed E-state index contributed by atoms with van der Waals surface area (Å²) in [6.45, 7) is 8.52. The number of carboxylic acid groups (broad SMARTS) is 1. The van der Waals surface area contributed by atoms with E-state index in [9.17, 15) is 9.90 Å². The molecule has 1 atom stereocenters. The second kappa shape index (κ2) is 7.64. The fourth-order valence-electron chi connectivity index (χ4n) is 1.91. The minimum Gasteiger partial charge on any atom is -0.480 e. The molecule has 2 N–H and O–H groups in total. The standard InChI is InChI=1S/C15H24N2O2S/c1-5-7-16-15(4,14(18)19)6-8-20-13-10-11(2)9-12(3)17-13/h9-10,16H,5-8H2,1-4H3,(H,18,19). The lowest BCUT2D eigenvalue weighted by atomic mass is 9.99. The van der Waals surface area contributed by atoms with Gasteiger partial charge in [-0.05, 0) is 57.9 Å². The van der Waals surface area contributed by atoms with Crippen molar-refractivity contribution in [3.8, 4) is 0 Å². The lowest BCUT2D eigenvalue weighted by molar-refractivity contribution is -0.144. The Morgan fingerprint density at radius 1 is 1.45 bits per heavy atom. The molecule has 5 heteroatoms. The molecule has 0 saturated heterocycles. The Balaban J connectivity index is 2.58. The topological polar surface area (TPSA) is 62.2 Å². The van der Waals surface area contributed by atoms with Gasteiger partial charge in [0.1, 0.15) is 5.54 Å². The summed E-state index contributed by atoms with van der Waals surface area (Å²) in [5.74, 6) is -0.0602. The van der Waals surface area contributed by atoms with Crippen LogP contribution in [0.1, 0.15) is 37.9 Å². The van der Waals surface area contributed by atoms with Crippen LogP contribution in [0, 0.1) is 13.8 Å². The first-order valence-corrected chi connectivity index (χ1v) is 7.92. The summed E-state index contributed by atoms with van der Waals surface area (Å²) in [7, 11) is 0. The van der Waals surface area contributed by atoms with E-state index in [1.807, 2.05) is 32.9 Å². The fraction of sp³-hybridized carbons (Fsp3) is 0.600. The number of aliphatic carboxylic acids is 1.